The maximum Gasteiger partial charge on any atom is 0.0378 e. The molecule has 252 valence electrons. The highest BCUT2D eigenvalue weighted by Gasteiger charge is 2.44. The molecule has 0 bridgehead atoms. The molecule has 0 aliphatic heterocycles. The molecule has 0 fully saturated rings. The molecular weight excluding hydrogens is 675 g/mol. The van der Waals surface area contributed by atoms with Crippen LogP contribution < -0.4 is 21.2 Å². The summed E-state index contributed by atoms with van der Waals surface area (Å²) in [7, 11) is 0. The third-order valence-electron chi connectivity index (χ3n) is 11.3. The van der Waals surface area contributed by atoms with Crippen LogP contribution in [0.1, 0.15) is 27.9 Å². The maximum atomic E-state index is 2.99. The number of hydrogen-bond acceptors (Lipinski definition) is 0. The molecule has 2 aliphatic rings. The van der Waals surface area contributed by atoms with Crippen molar-refractivity contribution in [2.75, 3.05) is 0 Å². The van der Waals surface area contributed by atoms with Crippen molar-refractivity contribution in [2.45, 2.75) is 5.66 Å². The summed E-state index contributed by atoms with van der Waals surface area (Å²) in [5, 5.41) is 7.02. The van der Waals surface area contributed by atoms with Crippen molar-refractivity contribution in [2.24, 2.45) is 0 Å². The van der Waals surface area contributed by atoms with Crippen LogP contribution in [0.2, 0.25) is 0 Å². The van der Waals surface area contributed by atoms with E-state index in [-0.39, 0.29) is 5.66 Å². The predicted octanol–water partition coefficient (Wildman–Crippen LogP) is 11.1. The van der Waals surface area contributed by atoms with Gasteiger partial charge >= 0.3 is 0 Å². The molecule has 0 unspecified atom stereocenters. The van der Waals surface area contributed by atoms with Gasteiger partial charge in [0.15, 0.2) is 0 Å². The summed E-state index contributed by atoms with van der Waals surface area (Å²) in [5.74, 6) is 0. The van der Waals surface area contributed by atoms with Crippen LogP contribution in [-0.4, -0.2) is 10.8 Å². The normalized spacial score (nSPS) is 13.2. The van der Waals surface area contributed by atoms with Gasteiger partial charge in [-0.15, -0.1) is 0 Å². The van der Waals surface area contributed by atoms with E-state index in [0.717, 1.165) is 0 Å². The van der Waals surface area contributed by atoms with Crippen LogP contribution in [0, 0.1) is 0 Å². The first-order chi connectivity index (χ1) is 26.3. The highest BCUT2D eigenvalue weighted by molar-refractivity contribution is 8.13. The summed E-state index contributed by atoms with van der Waals surface area (Å²) in [6, 6.07) is 82.7. The van der Waals surface area contributed by atoms with Gasteiger partial charge < -0.3 is 0 Å². The molecule has 53 heavy (non-hydrogen) atoms. The third kappa shape index (κ3) is 4.91. The quantitative estimate of drug-likeness (QED) is 0.151. The minimum atomic E-state index is -2.60. The monoisotopic (exact) mass is 712 g/mol. The Morgan fingerprint density at radius 2 is 0.585 bits per heavy atom. The minimum absolute atomic E-state index is 0.124. The van der Waals surface area contributed by atoms with E-state index in [4.69, 9.17) is 0 Å². The van der Waals surface area contributed by atoms with Gasteiger partial charge in [-0.2, -0.15) is 0 Å². The first kappa shape index (κ1) is 32.0. The zero-order valence-corrected chi connectivity index (χ0v) is 31.1. The predicted molar refractivity (Wildman–Crippen MR) is 233 cm³/mol. The molecular formula is C51H38P2. The van der Waals surface area contributed by atoms with Crippen molar-refractivity contribution in [1.82, 2.24) is 0 Å². The Kier molecular flexibility index (Phi) is 7.92. The number of fused-ring (bicyclic) bond motifs is 6. The largest absolute Gasteiger partial charge is 0.0622 e. The molecule has 0 amide bonds. The second-order valence-corrected chi connectivity index (χ2v) is 20.9. The van der Waals surface area contributed by atoms with E-state index in [1.54, 1.807) is 0 Å². The topological polar surface area (TPSA) is 0 Å². The van der Waals surface area contributed by atoms with E-state index in [0.29, 0.717) is 0 Å². The van der Waals surface area contributed by atoms with Crippen molar-refractivity contribution in [3.63, 3.8) is 0 Å². The van der Waals surface area contributed by atoms with Crippen molar-refractivity contribution < 1.29 is 0 Å². The summed E-state index contributed by atoms with van der Waals surface area (Å²) in [4.78, 5) is 0. The van der Waals surface area contributed by atoms with Crippen LogP contribution in [0.5, 0.6) is 0 Å². The van der Waals surface area contributed by atoms with Crippen LogP contribution in [0.25, 0.3) is 22.3 Å². The third-order valence-corrected chi connectivity index (χ3v) is 21.2. The van der Waals surface area contributed by atoms with Gasteiger partial charge in [-0.3, -0.25) is 0 Å². The summed E-state index contributed by atoms with van der Waals surface area (Å²) >= 11 is 0. The molecule has 8 aromatic rings. The van der Waals surface area contributed by atoms with Gasteiger partial charge in [-0.05, 0) is 90.3 Å². The summed E-state index contributed by atoms with van der Waals surface area (Å²) in [5.41, 5.74) is 14.0. The Hall–Kier alpha value is -5.64. The fourth-order valence-corrected chi connectivity index (χ4v) is 21.3. The Labute approximate surface area is 313 Å². The zero-order valence-electron chi connectivity index (χ0n) is 29.3. The van der Waals surface area contributed by atoms with Crippen LogP contribution in [-0.2, 0) is 0 Å². The Morgan fingerprint density at radius 1 is 0.283 bits per heavy atom. The molecule has 0 spiro atoms. The fraction of sp³-hybridized carbons (Fsp3) is 0.0196. The first-order valence-corrected chi connectivity index (χ1v) is 22.2. The average molecular weight is 713 g/mol. The molecule has 0 radical (unpaired) electrons. The molecule has 0 heterocycles. The summed E-state index contributed by atoms with van der Waals surface area (Å²) in [6.07, 6.45) is 0. The Bertz CT molecular complexity index is 2550. The molecule has 0 N–H and O–H groups in total. The van der Waals surface area contributed by atoms with Crippen molar-refractivity contribution in [3.8, 4) is 22.3 Å². The van der Waals surface area contributed by atoms with Gasteiger partial charge in [0.2, 0.25) is 0 Å². The van der Waals surface area contributed by atoms with Gasteiger partial charge in [0.1, 0.15) is 0 Å². The zero-order chi connectivity index (χ0) is 35.2. The lowest BCUT2D eigenvalue weighted by molar-refractivity contribution is 1.20. The number of rotatable bonds is 6. The lowest BCUT2D eigenvalue weighted by Gasteiger charge is -2.40. The molecule has 2 aliphatic carbocycles. The van der Waals surface area contributed by atoms with E-state index < -0.39 is 13.8 Å². The number of benzene rings is 8. The molecule has 10 rings (SSSR count). The average Bonchev–Trinajstić information content (AvgIpc) is 3.77. The minimum Gasteiger partial charge on any atom is -0.0622 e. The molecule has 0 aromatic heterocycles. The molecule has 0 atom stereocenters. The van der Waals surface area contributed by atoms with Gasteiger partial charge in [0.25, 0.3) is 0 Å². The van der Waals surface area contributed by atoms with E-state index in [2.05, 4.69) is 224 Å². The van der Waals surface area contributed by atoms with E-state index in [1.165, 1.54) is 71.0 Å². The maximum absolute atomic E-state index is 2.99. The standard InChI is InChI=1S/C51H38P2/c1-5-21-38(22-6-1)52(39-23-7-2-8-24-39,50-46-33-17-13-29-42(46)43-30-14-18-34-47(43)50)37-53(40-25-9-3-10-26-40,41-27-11-4-12-28-41)51-48-35-19-15-31-44(48)45-32-16-20-36-49(45)51/h1-37,50H. The SMILES string of the molecule is C(=P(c1ccccc1)(c1ccccc1)C1c2ccccc2-c2ccccc21)P(=C1c2ccccc2-c2ccccc21)(c1ccccc1)c1ccccc1. The summed E-state index contributed by atoms with van der Waals surface area (Å²) in [6.45, 7) is -5.14. The molecule has 8 aromatic carbocycles. The molecule has 2 heteroatoms. The van der Waals surface area contributed by atoms with Gasteiger partial charge in [0, 0.05) is 5.66 Å². The second kappa shape index (κ2) is 13.1. The molecule has 0 saturated carbocycles. The van der Waals surface area contributed by atoms with Crippen LogP contribution in [0.3, 0.4) is 0 Å². The van der Waals surface area contributed by atoms with E-state index in [9.17, 15) is 0 Å². The van der Waals surface area contributed by atoms with Gasteiger partial charge in [-0.1, -0.05) is 218 Å². The highest BCUT2D eigenvalue weighted by Crippen LogP contribution is 2.70. The van der Waals surface area contributed by atoms with Crippen LogP contribution in [0.15, 0.2) is 218 Å². The summed E-state index contributed by atoms with van der Waals surface area (Å²) < 4.78 is 0. The van der Waals surface area contributed by atoms with Crippen molar-refractivity contribution >= 4 is 45.8 Å². The number of hydrogen-bond donors (Lipinski definition) is 0. The lowest BCUT2D eigenvalue weighted by atomic mass is 10.1. The second-order valence-electron chi connectivity index (χ2n) is 14.0. The van der Waals surface area contributed by atoms with Crippen molar-refractivity contribution in [3.05, 3.63) is 241 Å². The van der Waals surface area contributed by atoms with Crippen molar-refractivity contribution in [1.29, 1.82) is 0 Å². The fourth-order valence-electron chi connectivity index (χ4n) is 9.14. The Morgan fingerprint density at radius 3 is 0.981 bits per heavy atom. The molecule has 0 saturated heterocycles. The lowest BCUT2D eigenvalue weighted by Crippen LogP contribution is -2.29. The van der Waals surface area contributed by atoms with Gasteiger partial charge in [-0.25, -0.2) is 0 Å². The Balaban J connectivity index is 1.53. The van der Waals surface area contributed by atoms with E-state index in [1.807, 2.05) is 0 Å². The van der Waals surface area contributed by atoms with Crippen LogP contribution >= 0.6 is 13.8 Å². The smallest absolute Gasteiger partial charge is 0.0378 e. The van der Waals surface area contributed by atoms with Crippen LogP contribution in [0.4, 0.5) is 0 Å². The highest BCUT2D eigenvalue weighted by atomic mass is 31.2. The van der Waals surface area contributed by atoms with Gasteiger partial charge in [0.05, 0.1) is 0 Å². The molecule has 0 nitrogen and oxygen atoms in total. The first-order valence-electron chi connectivity index (χ1n) is 18.4. The van der Waals surface area contributed by atoms with E-state index >= 15 is 0 Å².